The maximum absolute atomic E-state index is 13.0. The summed E-state index contributed by atoms with van der Waals surface area (Å²) in [6, 6.07) is 14.1. The summed E-state index contributed by atoms with van der Waals surface area (Å²) >= 11 is 5.97. The molecular weight excluding hydrogens is 402 g/mol. The van der Waals surface area contributed by atoms with E-state index >= 15 is 0 Å². The molecule has 0 atom stereocenters. The Balaban J connectivity index is 0.000000706. The number of halogens is 1. The molecule has 1 aliphatic heterocycles. The minimum Gasteiger partial charge on any atom is -0.483 e. The highest BCUT2D eigenvalue weighted by Crippen LogP contribution is 2.27. The monoisotopic (exact) mass is 421 g/mol. The van der Waals surface area contributed by atoms with Gasteiger partial charge in [-0.05, 0) is 36.4 Å². The van der Waals surface area contributed by atoms with E-state index in [9.17, 15) is 8.42 Å². The van der Waals surface area contributed by atoms with Gasteiger partial charge < -0.3 is 15.3 Å². The molecule has 1 aliphatic rings. The lowest BCUT2D eigenvalue weighted by atomic mass is 10.2. The minimum absolute atomic E-state index is 0.185. The van der Waals surface area contributed by atoms with Crippen LogP contribution in [-0.4, -0.2) is 50.1 Å². The summed E-state index contributed by atoms with van der Waals surface area (Å²) in [5, 5.41) is 11.5. The van der Waals surface area contributed by atoms with Crippen LogP contribution in [0.4, 0.5) is 5.69 Å². The minimum atomic E-state index is -3.69. The molecule has 0 saturated carbocycles. The molecular formula is C19H20ClN3O4S. The van der Waals surface area contributed by atoms with Gasteiger partial charge in [0.15, 0.2) is 0 Å². The molecule has 0 amide bonds. The van der Waals surface area contributed by atoms with Gasteiger partial charge in [-0.3, -0.25) is 4.79 Å². The standard InChI is InChI=1S/C18H18ClN3O2S.CH2O2/c19-15-2-1-3-17(12-15)25(23,24)22-9-6-14-4-5-16(13-18(14)22)21-10-7-20-8-11-21;2-1-3/h1-6,9,12-13,20H,7-8,10-11H2;1H,(H,2,3). The van der Waals surface area contributed by atoms with E-state index in [1.165, 1.54) is 10.0 Å². The van der Waals surface area contributed by atoms with Crippen molar-refractivity contribution < 1.29 is 18.3 Å². The molecule has 4 rings (SSSR count). The van der Waals surface area contributed by atoms with Crippen molar-refractivity contribution in [3.63, 3.8) is 0 Å². The van der Waals surface area contributed by atoms with Gasteiger partial charge in [0.25, 0.3) is 16.5 Å². The predicted molar refractivity (Wildman–Crippen MR) is 110 cm³/mol. The van der Waals surface area contributed by atoms with E-state index in [4.69, 9.17) is 21.5 Å². The number of benzene rings is 2. The number of anilines is 1. The summed E-state index contributed by atoms with van der Waals surface area (Å²) < 4.78 is 27.4. The average Bonchev–Trinajstić information content (AvgIpc) is 3.13. The number of carbonyl (C=O) groups is 1. The Morgan fingerprint density at radius 3 is 2.46 bits per heavy atom. The Morgan fingerprint density at radius 1 is 1.07 bits per heavy atom. The van der Waals surface area contributed by atoms with Crippen LogP contribution in [0.1, 0.15) is 0 Å². The highest BCUT2D eigenvalue weighted by Gasteiger charge is 2.20. The lowest BCUT2D eigenvalue weighted by molar-refractivity contribution is -0.122. The number of piperazine rings is 1. The van der Waals surface area contributed by atoms with Gasteiger partial charge in [-0.25, -0.2) is 12.4 Å². The van der Waals surface area contributed by atoms with Crippen molar-refractivity contribution in [2.75, 3.05) is 31.1 Å². The Labute approximate surface area is 168 Å². The third-order valence-corrected chi connectivity index (χ3v) is 6.40. The van der Waals surface area contributed by atoms with Crippen LogP contribution < -0.4 is 10.2 Å². The first-order chi connectivity index (χ1) is 13.5. The van der Waals surface area contributed by atoms with E-state index in [-0.39, 0.29) is 11.4 Å². The lowest BCUT2D eigenvalue weighted by Gasteiger charge is -2.29. The van der Waals surface area contributed by atoms with Crippen molar-refractivity contribution in [1.29, 1.82) is 0 Å². The number of nitrogens with one attached hydrogen (secondary N) is 1. The summed E-state index contributed by atoms with van der Waals surface area (Å²) in [4.78, 5) is 10.8. The second kappa shape index (κ2) is 8.64. The van der Waals surface area contributed by atoms with Gasteiger partial charge in [-0.15, -0.1) is 0 Å². The van der Waals surface area contributed by atoms with Crippen LogP contribution in [0.2, 0.25) is 5.02 Å². The quantitative estimate of drug-likeness (QED) is 0.632. The largest absolute Gasteiger partial charge is 0.483 e. The molecule has 148 valence electrons. The predicted octanol–water partition coefficient (Wildman–Crippen LogP) is 2.64. The molecule has 3 aromatic rings. The first kappa shape index (κ1) is 20.2. The van der Waals surface area contributed by atoms with Crippen LogP contribution in [0.15, 0.2) is 59.6 Å². The first-order valence-electron chi connectivity index (χ1n) is 8.63. The number of hydrogen-bond donors (Lipinski definition) is 2. The van der Waals surface area contributed by atoms with Crippen molar-refractivity contribution in [1.82, 2.24) is 9.29 Å². The maximum Gasteiger partial charge on any atom is 0.290 e. The molecule has 0 unspecified atom stereocenters. The lowest BCUT2D eigenvalue weighted by Crippen LogP contribution is -2.43. The van der Waals surface area contributed by atoms with Gasteiger partial charge in [-0.2, -0.15) is 0 Å². The number of hydrogen-bond acceptors (Lipinski definition) is 5. The van der Waals surface area contributed by atoms with E-state index < -0.39 is 10.0 Å². The van der Waals surface area contributed by atoms with Gasteiger partial charge >= 0.3 is 0 Å². The topological polar surface area (TPSA) is 91.6 Å². The zero-order chi connectivity index (χ0) is 20.1. The van der Waals surface area contributed by atoms with E-state index in [2.05, 4.69) is 10.2 Å². The summed E-state index contributed by atoms with van der Waals surface area (Å²) in [5.41, 5.74) is 1.71. The third kappa shape index (κ3) is 4.14. The van der Waals surface area contributed by atoms with Crippen molar-refractivity contribution in [3.8, 4) is 0 Å². The average molecular weight is 422 g/mol. The molecule has 2 N–H and O–H groups in total. The van der Waals surface area contributed by atoms with Crippen LogP contribution in [-0.2, 0) is 14.8 Å². The molecule has 0 radical (unpaired) electrons. The number of fused-ring (bicyclic) bond motifs is 1. The third-order valence-electron chi connectivity index (χ3n) is 4.48. The van der Waals surface area contributed by atoms with E-state index in [0.29, 0.717) is 10.5 Å². The summed E-state index contributed by atoms with van der Waals surface area (Å²) in [5.74, 6) is 0. The van der Waals surface area contributed by atoms with E-state index in [0.717, 1.165) is 37.3 Å². The fourth-order valence-electron chi connectivity index (χ4n) is 3.16. The summed E-state index contributed by atoms with van der Waals surface area (Å²) in [6.07, 6.45) is 1.60. The Kier molecular flexibility index (Phi) is 6.23. The molecule has 2 aromatic carbocycles. The fraction of sp³-hybridized carbons (Fsp3) is 0.211. The zero-order valence-corrected chi connectivity index (χ0v) is 16.5. The van der Waals surface area contributed by atoms with Gasteiger partial charge in [0.2, 0.25) is 0 Å². The highest BCUT2D eigenvalue weighted by molar-refractivity contribution is 7.90. The van der Waals surface area contributed by atoms with Gasteiger partial charge in [0, 0.05) is 48.5 Å². The first-order valence-corrected chi connectivity index (χ1v) is 10.4. The second-order valence-corrected chi connectivity index (χ2v) is 8.41. The Hall–Kier alpha value is -2.55. The maximum atomic E-state index is 13.0. The summed E-state index contributed by atoms with van der Waals surface area (Å²) in [6.45, 7) is 3.43. The normalized spacial score (nSPS) is 14.4. The Morgan fingerprint density at radius 2 is 1.79 bits per heavy atom. The van der Waals surface area contributed by atoms with Gasteiger partial charge in [0.05, 0.1) is 10.4 Å². The van der Waals surface area contributed by atoms with E-state index in [1.54, 1.807) is 24.4 Å². The van der Waals surface area contributed by atoms with Gasteiger partial charge in [-0.1, -0.05) is 23.7 Å². The van der Waals surface area contributed by atoms with Crippen LogP contribution in [0.25, 0.3) is 10.9 Å². The zero-order valence-electron chi connectivity index (χ0n) is 15.0. The number of nitrogens with zero attached hydrogens (tertiary/aromatic N) is 2. The van der Waals surface area contributed by atoms with Crippen LogP contribution >= 0.6 is 11.6 Å². The van der Waals surface area contributed by atoms with E-state index in [1.807, 2.05) is 24.3 Å². The van der Waals surface area contributed by atoms with Crippen LogP contribution in [0.5, 0.6) is 0 Å². The van der Waals surface area contributed by atoms with Crippen molar-refractivity contribution in [3.05, 3.63) is 59.8 Å². The molecule has 9 heteroatoms. The molecule has 0 spiro atoms. The van der Waals surface area contributed by atoms with Gasteiger partial charge in [0.1, 0.15) is 0 Å². The number of rotatable bonds is 3. The molecule has 7 nitrogen and oxygen atoms in total. The van der Waals surface area contributed by atoms with Crippen molar-refractivity contribution >= 4 is 44.7 Å². The molecule has 0 bridgehead atoms. The SMILES string of the molecule is O=CO.O=S(=O)(c1cccc(Cl)c1)n1ccc2ccc(N3CCNCC3)cc21. The van der Waals surface area contributed by atoms with Crippen molar-refractivity contribution in [2.24, 2.45) is 0 Å². The molecule has 1 aromatic heterocycles. The summed E-state index contributed by atoms with van der Waals surface area (Å²) in [7, 11) is -3.69. The second-order valence-electron chi connectivity index (χ2n) is 6.16. The van der Waals surface area contributed by atoms with Crippen molar-refractivity contribution in [2.45, 2.75) is 4.90 Å². The number of carboxylic acid groups (broad SMARTS) is 1. The van der Waals surface area contributed by atoms with Crippen LogP contribution in [0.3, 0.4) is 0 Å². The molecule has 1 fully saturated rings. The highest BCUT2D eigenvalue weighted by atomic mass is 35.5. The molecule has 2 heterocycles. The fourth-order valence-corrected chi connectivity index (χ4v) is 4.81. The molecule has 1 saturated heterocycles. The number of aromatic nitrogens is 1. The molecule has 28 heavy (non-hydrogen) atoms. The van der Waals surface area contributed by atoms with Crippen LogP contribution in [0, 0.1) is 0 Å². The molecule has 0 aliphatic carbocycles. The Bertz CT molecular complexity index is 1080. The smallest absolute Gasteiger partial charge is 0.290 e.